The zero-order valence-electron chi connectivity index (χ0n) is 14.9. The third-order valence-corrected chi connectivity index (χ3v) is 4.00. The van der Waals surface area contributed by atoms with Crippen LogP contribution in [0.5, 0.6) is 11.5 Å². The van der Waals surface area contributed by atoms with Crippen LogP contribution in [0.1, 0.15) is 6.92 Å². The lowest BCUT2D eigenvalue weighted by Crippen LogP contribution is -2.23. The van der Waals surface area contributed by atoms with E-state index in [2.05, 4.69) is 10.6 Å². The first-order valence-electron chi connectivity index (χ1n) is 7.69. The van der Waals surface area contributed by atoms with E-state index in [0.717, 1.165) is 5.69 Å². The number of carbonyl (C=O) groups excluding carboxylic acids is 2. The summed E-state index contributed by atoms with van der Waals surface area (Å²) >= 11 is 6.09. The normalized spacial score (nSPS) is 10.0. The summed E-state index contributed by atoms with van der Waals surface area (Å²) in [7, 11) is 4.65. The lowest BCUT2D eigenvalue weighted by molar-refractivity contribution is -0.116. The van der Waals surface area contributed by atoms with E-state index in [1.807, 2.05) is 0 Å². The Balaban J connectivity index is 2.09. The molecule has 138 valence electrons. The minimum atomic E-state index is -0.461. The van der Waals surface area contributed by atoms with Crippen molar-refractivity contribution in [2.75, 3.05) is 36.8 Å². The quantitative estimate of drug-likeness (QED) is 0.825. The number of amides is 3. The highest BCUT2D eigenvalue weighted by molar-refractivity contribution is 6.32. The monoisotopic (exact) mass is 377 g/mol. The van der Waals surface area contributed by atoms with Crippen LogP contribution in [-0.4, -0.2) is 33.2 Å². The molecule has 26 heavy (non-hydrogen) atoms. The Hall–Kier alpha value is -2.93. The molecule has 0 aliphatic heterocycles. The molecule has 0 saturated heterocycles. The summed E-state index contributed by atoms with van der Waals surface area (Å²) in [5.41, 5.74) is 1.71. The maximum absolute atomic E-state index is 12.2. The minimum Gasteiger partial charge on any atom is -0.495 e. The molecule has 0 bridgehead atoms. The van der Waals surface area contributed by atoms with E-state index in [1.54, 1.807) is 43.4 Å². The molecule has 0 saturated carbocycles. The number of halogens is 1. The molecule has 2 rings (SSSR count). The van der Waals surface area contributed by atoms with Gasteiger partial charge in [-0.25, -0.2) is 4.79 Å². The summed E-state index contributed by atoms with van der Waals surface area (Å²) in [6.07, 6.45) is 0. The standard InChI is InChI=1S/C18H20ClN3O4/c1-11(23)22(2)13-7-5-12(6-8-13)20-18(24)21-15-9-14(19)16(25-3)10-17(15)26-4/h5-10H,1-4H3,(H2,20,21,24). The van der Waals surface area contributed by atoms with Gasteiger partial charge < -0.3 is 25.0 Å². The van der Waals surface area contributed by atoms with Crippen LogP contribution < -0.4 is 25.0 Å². The number of nitrogens with one attached hydrogen (secondary N) is 2. The van der Waals surface area contributed by atoms with E-state index in [9.17, 15) is 9.59 Å². The second-order valence-electron chi connectivity index (χ2n) is 5.39. The lowest BCUT2D eigenvalue weighted by Gasteiger charge is -2.16. The van der Waals surface area contributed by atoms with Crippen molar-refractivity contribution in [3.05, 3.63) is 41.4 Å². The first kappa shape index (κ1) is 19.4. The lowest BCUT2D eigenvalue weighted by atomic mass is 10.2. The highest BCUT2D eigenvalue weighted by atomic mass is 35.5. The molecule has 8 heteroatoms. The van der Waals surface area contributed by atoms with Gasteiger partial charge in [-0.2, -0.15) is 0 Å². The van der Waals surface area contributed by atoms with Gasteiger partial charge in [-0.3, -0.25) is 4.79 Å². The van der Waals surface area contributed by atoms with Gasteiger partial charge >= 0.3 is 6.03 Å². The van der Waals surface area contributed by atoms with Crippen LogP contribution in [0, 0.1) is 0 Å². The predicted octanol–water partition coefficient (Wildman–Crippen LogP) is 3.98. The summed E-state index contributed by atoms with van der Waals surface area (Å²) in [6.45, 7) is 1.48. The second-order valence-corrected chi connectivity index (χ2v) is 5.80. The smallest absolute Gasteiger partial charge is 0.323 e. The number of rotatable bonds is 5. The Morgan fingerprint density at radius 3 is 2.15 bits per heavy atom. The van der Waals surface area contributed by atoms with Crippen molar-refractivity contribution in [3.8, 4) is 11.5 Å². The van der Waals surface area contributed by atoms with E-state index in [0.29, 0.717) is 27.9 Å². The van der Waals surface area contributed by atoms with Crippen molar-refractivity contribution in [1.82, 2.24) is 0 Å². The van der Waals surface area contributed by atoms with E-state index in [4.69, 9.17) is 21.1 Å². The fourth-order valence-electron chi connectivity index (χ4n) is 2.19. The molecule has 0 atom stereocenters. The zero-order chi connectivity index (χ0) is 19.3. The van der Waals surface area contributed by atoms with Crippen molar-refractivity contribution in [3.63, 3.8) is 0 Å². The summed E-state index contributed by atoms with van der Waals surface area (Å²) in [5, 5.41) is 5.73. The number of hydrogen-bond acceptors (Lipinski definition) is 4. The van der Waals surface area contributed by atoms with Gasteiger partial charge in [0.2, 0.25) is 5.91 Å². The van der Waals surface area contributed by atoms with Crippen molar-refractivity contribution >= 4 is 40.6 Å². The molecule has 0 unspecified atom stereocenters. The molecule has 0 heterocycles. The first-order chi connectivity index (χ1) is 12.3. The van der Waals surface area contributed by atoms with Crippen LogP contribution in [0.3, 0.4) is 0 Å². The topological polar surface area (TPSA) is 79.9 Å². The minimum absolute atomic E-state index is 0.0769. The number of anilines is 3. The average molecular weight is 378 g/mol. The predicted molar refractivity (Wildman–Crippen MR) is 103 cm³/mol. The molecule has 2 N–H and O–H groups in total. The average Bonchev–Trinajstić information content (AvgIpc) is 2.61. The number of nitrogens with zero attached hydrogens (tertiary/aromatic N) is 1. The SMILES string of the molecule is COc1cc(OC)c(NC(=O)Nc2ccc(N(C)C(C)=O)cc2)cc1Cl. The second kappa shape index (κ2) is 8.44. The highest BCUT2D eigenvalue weighted by Gasteiger charge is 2.13. The number of urea groups is 1. The number of benzene rings is 2. The molecule has 0 aromatic heterocycles. The summed E-state index contributed by atoms with van der Waals surface area (Å²) in [4.78, 5) is 25.1. The van der Waals surface area contributed by atoms with Crippen molar-refractivity contribution < 1.29 is 19.1 Å². The zero-order valence-corrected chi connectivity index (χ0v) is 15.7. The molecule has 7 nitrogen and oxygen atoms in total. The van der Waals surface area contributed by atoms with Gasteiger partial charge in [0.1, 0.15) is 11.5 Å². The van der Waals surface area contributed by atoms with Gasteiger partial charge in [-0.15, -0.1) is 0 Å². The van der Waals surface area contributed by atoms with Crippen molar-refractivity contribution in [1.29, 1.82) is 0 Å². The summed E-state index contributed by atoms with van der Waals surface area (Å²) in [5.74, 6) is 0.784. The Kier molecular flexibility index (Phi) is 6.30. The van der Waals surface area contributed by atoms with Crippen LogP contribution in [0.15, 0.2) is 36.4 Å². The third kappa shape index (κ3) is 4.58. The Labute approximate surface area is 156 Å². The van der Waals surface area contributed by atoms with Crippen LogP contribution in [0.4, 0.5) is 21.9 Å². The van der Waals surface area contributed by atoms with Crippen molar-refractivity contribution in [2.24, 2.45) is 0 Å². The van der Waals surface area contributed by atoms with Crippen LogP contribution in [0.25, 0.3) is 0 Å². The Morgan fingerprint density at radius 2 is 1.62 bits per heavy atom. The first-order valence-corrected chi connectivity index (χ1v) is 8.07. The molecule has 2 aromatic rings. The Bertz CT molecular complexity index is 809. The van der Waals surface area contributed by atoms with E-state index in [1.165, 1.54) is 26.0 Å². The number of carbonyl (C=O) groups is 2. The van der Waals surface area contributed by atoms with E-state index >= 15 is 0 Å². The third-order valence-electron chi connectivity index (χ3n) is 3.71. The molecule has 2 aromatic carbocycles. The van der Waals surface area contributed by atoms with Crippen molar-refractivity contribution in [2.45, 2.75) is 6.92 Å². The van der Waals surface area contributed by atoms with Crippen LogP contribution in [-0.2, 0) is 4.79 Å². The fourth-order valence-corrected chi connectivity index (χ4v) is 2.43. The molecule has 0 aliphatic rings. The molecule has 0 radical (unpaired) electrons. The van der Waals surface area contributed by atoms with Gasteiger partial charge in [-0.1, -0.05) is 11.6 Å². The number of ether oxygens (including phenoxy) is 2. The molecule has 0 aliphatic carbocycles. The molecular formula is C18H20ClN3O4. The summed E-state index contributed by atoms with van der Waals surface area (Å²) in [6, 6.07) is 9.55. The van der Waals surface area contributed by atoms with Gasteiger partial charge in [0.25, 0.3) is 0 Å². The van der Waals surface area contributed by atoms with Gasteiger partial charge in [-0.05, 0) is 30.3 Å². The maximum atomic E-state index is 12.2. The van der Waals surface area contributed by atoms with Gasteiger partial charge in [0.15, 0.2) is 0 Å². The van der Waals surface area contributed by atoms with Gasteiger partial charge in [0, 0.05) is 31.4 Å². The van der Waals surface area contributed by atoms with Gasteiger partial charge in [0.05, 0.1) is 24.9 Å². The molecule has 0 fully saturated rings. The molecule has 3 amide bonds. The number of methoxy groups -OCH3 is 2. The van der Waals surface area contributed by atoms with Crippen LogP contribution in [0.2, 0.25) is 5.02 Å². The van der Waals surface area contributed by atoms with Crippen LogP contribution >= 0.6 is 11.6 Å². The fraction of sp³-hybridized carbons (Fsp3) is 0.222. The summed E-state index contributed by atoms with van der Waals surface area (Å²) < 4.78 is 10.4. The largest absolute Gasteiger partial charge is 0.495 e. The Morgan fingerprint density at radius 1 is 1.00 bits per heavy atom. The molecular weight excluding hydrogens is 358 g/mol. The molecule has 0 spiro atoms. The van der Waals surface area contributed by atoms with E-state index < -0.39 is 6.03 Å². The van der Waals surface area contributed by atoms with E-state index in [-0.39, 0.29) is 5.91 Å². The maximum Gasteiger partial charge on any atom is 0.323 e. The number of hydrogen-bond donors (Lipinski definition) is 2. The highest BCUT2D eigenvalue weighted by Crippen LogP contribution is 2.35.